The third kappa shape index (κ3) is 3.79. The molecule has 0 aromatic heterocycles. The van der Waals surface area contributed by atoms with Crippen LogP contribution in [0.1, 0.15) is 19.3 Å². The van der Waals surface area contributed by atoms with E-state index in [1.807, 2.05) is 0 Å². The average Bonchev–Trinajstić information content (AvgIpc) is 2.50. The van der Waals surface area contributed by atoms with E-state index in [0.29, 0.717) is 6.42 Å². The molecule has 86 valence electrons. The summed E-state index contributed by atoms with van der Waals surface area (Å²) in [5.41, 5.74) is 0. The molecule has 1 aliphatic heterocycles. The smallest absolute Gasteiger partial charge is 0.331 e. The first-order valence-corrected chi connectivity index (χ1v) is 5.97. The van der Waals surface area contributed by atoms with Gasteiger partial charge in [-0.1, -0.05) is 15.9 Å². The van der Waals surface area contributed by atoms with E-state index < -0.39 is 18.1 Å². The molecule has 0 aromatic rings. The summed E-state index contributed by atoms with van der Waals surface area (Å²) in [7, 11) is 0. The number of nitrogens with one attached hydrogen (secondary N) is 1. The van der Waals surface area contributed by atoms with Crippen molar-refractivity contribution < 1.29 is 19.4 Å². The summed E-state index contributed by atoms with van der Waals surface area (Å²) in [5, 5.41) is 12.6. The van der Waals surface area contributed by atoms with Crippen molar-refractivity contribution in [3.05, 3.63) is 0 Å². The second-order valence-electron chi connectivity index (χ2n) is 3.39. The molecule has 0 radical (unpaired) electrons. The van der Waals surface area contributed by atoms with Crippen molar-refractivity contribution in [1.29, 1.82) is 0 Å². The summed E-state index contributed by atoms with van der Waals surface area (Å²) in [5.74, 6) is -0.782. The van der Waals surface area contributed by atoms with Gasteiger partial charge in [0.25, 0.3) is 0 Å². The molecule has 0 aromatic carbocycles. The van der Waals surface area contributed by atoms with Crippen molar-refractivity contribution in [2.45, 2.75) is 31.4 Å². The number of esters is 1. The maximum absolute atomic E-state index is 11.3. The molecule has 0 spiro atoms. The van der Waals surface area contributed by atoms with Gasteiger partial charge >= 0.3 is 5.97 Å². The fraction of sp³-hybridized carbons (Fsp3) is 0.778. The van der Waals surface area contributed by atoms with Gasteiger partial charge in [-0.05, 0) is 12.8 Å². The van der Waals surface area contributed by atoms with Crippen molar-refractivity contribution in [3.63, 3.8) is 0 Å². The number of alkyl halides is 1. The Morgan fingerprint density at radius 3 is 2.87 bits per heavy atom. The first-order valence-electron chi connectivity index (χ1n) is 4.85. The van der Waals surface area contributed by atoms with Crippen molar-refractivity contribution in [2.75, 3.05) is 11.9 Å². The highest BCUT2D eigenvalue weighted by Gasteiger charge is 2.36. The Morgan fingerprint density at radius 2 is 2.33 bits per heavy atom. The van der Waals surface area contributed by atoms with Gasteiger partial charge in [-0.3, -0.25) is 4.79 Å². The number of aliphatic hydroxyl groups is 1. The molecule has 1 fully saturated rings. The van der Waals surface area contributed by atoms with Gasteiger partial charge in [0, 0.05) is 11.8 Å². The minimum absolute atomic E-state index is 0.0365. The van der Waals surface area contributed by atoms with Gasteiger partial charge in [-0.2, -0.15) is 0 Å². The van der Waals surface area contributed by atoms with Crippen LogP contribution in [0.15, 0.2) is 0 Å². The van der Waals surface area contributed by atoms with Crippen LogP contribution in [-0.4, -0.2) is 41.1 Å². The second-order valence-corrected chi connectivity index (χ2v) is 4.18. The fourth-order valence-electron chi connectivity index (χ4n) is 1.29. The lowest BCUT2D eigenvalue weighted by atomic mass is 10.2. The van der Waals surface area contributed by atoms with Crippen LogP contribution in [0.4, 0.5) is 0 Å². The van der Waals surface area contributed by atoms with Crippen LogP contribution >= 0.6 is 15.9 Å². The Bertz CT molecular complexity index is 246. The Labute approximate surface area is 96.3 Å². The average molecular weight is 280 g/mol. The molecular weight excluding hydrogens is 266 g/mol. The molecule has 1 heterocycles. The predicted molar refractivity (Wildman–Crippen MR) is 56.5 cm³/mol. The predicted octanol–water partition coefficient (Wildman–Crippen LogP) is -0.0459. The van der Waals surface area contributed by atoms with E-state index in [1.54, 1.807) is 0 Å². The maximum atomic E-state index is 11.3. The summed E-state index contributed by atoms with van der Waals surface area (Å²) in [6.45, 7) is -0.0365. The number of amides is 1. The van der Waals surface area contributed by atoms with Crippen LogP contribution in [0.5, 0.6) is 0 Å². The Morgan fingerprint density at radius 1 is 1.60 bits per heavy atom. The summed E-state index contributed by atoms with van der Waals surface area (Å²) in [4.78, 5) is 22.4. The number of cyclic esters (lactones) is 1. The highest BCUT2D eigenvalue weighted by Crippen LogP contribution is 2.08. The lowest BCUT2D eigenvalue weighted by Gasteiger charge is -2.11. The largest absolute Gasteiger partial charge is 0.461 e. The number of halogens is 1. The Balaban J connectivity index is 2.27. The van der Waals surface area contributed by atoms with Crippen molar-refractivity contribution in [2.24, 2.45) is 0 Å². The van der Waals surface area contributed by atoms with Crippen molar-refractivity contribution >= 4 is 27.8 Å². The van der Waals surface area contributed by atoms with Crippen LogP contribution in [0, 0.1) is 0 Å². The van der Waals surface area contributed by atoms with E-state index in [9.17, 15) is 14.7 Å². The van der Waals surface area contributed by atoms with Crippen LogP contribution in [-0.2, 0) is 14.3 Å². The molecule has 15 heavy (non-hydrogen) atoms. The molecule has 1 rings (SSSR count). The number of hydrogen-bond donors (Lipinski definition) is 2. The van der Waals surface area contributed by atoms with E-state index in [-0.39, 0.29) is 12.5 Å². The lowest BCUT2D eigenvalue weighted by Crippen LogP contribution is -2.44. The molecule has 1 amide bonds. The number of hydrogen-bond acceptors (Lipinski definition) is 4. The van der Waals surface area contributed by atoms with E-state index in [2.05, 4.69) is 26.0 Å². The quantitative estimate of drug-likeness (QED) is 0.421. The first-order chi connectivity index (χ1) is 7.15. The zero-order chi connectivity index (χ0) is 11.3. The van der Waals surface area contributed by atoms with Gasteiger partial charge in [-0.25, -0.2) is 4.79 Å². The van der Waals surface area contributed by atoms with Crippen LogP contribution in [0.2, 0.25) is 0 Å². The number of carbonyl (C=O) groups excluding carboxylic acids is 2. The number of carbonyl (C=O) groups is 2. The topological polar surface area (TPSA) is 75.6 Å². The summed E-state index contributed by atoms with van der Waals surface area (Å²) >= 11 is 3.26. The van der Waals surface area contributed by atoms with Gasteiger partial charge in [0.1, 0.15) is 12.7 Å². The standard InChI is InChI=1S/C9H14BrNO4/c10-4-2-1-3-7(13)11-8-6(12)5-15-9(8)14/h6,8,12H,1-5H2,(H,11,13). The zero-order valence-corrected chi connectivity index (χ0v) is 9.83. The number of ether oxygens (including phenoxy) is 1. The minimum atomic E-state index is -0.919. The van der Waals surface area contributed by atoms with E-state index in [1.165, 1.54) is 0 Å². The monoisotopic (exact) mass is 279 g/mol. The SMILES string of the molecule is O=C(CCCCBr)NC1C(=O)OCC1O. The van der Waals surface area contributed by atoms with Crippen LogP contribution in [0.25, 0.3) is 0 Å². The van der Waals surface area contributed by atoms with Gasteiger partial charge in [-0.15, -0.1) is 0 Å². The number of aliphatic hydroxyl groups excluding tert-OH is 1. The highest BCUT2D eigenvalue weighted by atomic mass is 79.9. The second kappa shape index (κ2) is 6.07. The summed E-state index contributed by atoms with van der Waals surface area (Å²) in [6, 6.07) is -0.888. The third-order valence-corrected chi connectivity index (χ3v) is 2.70. The molecule has 0 aliphatic carbocycles. The van der Waals surface area contributed by atoms with Crippen LogP contribution < -0.4 is 5.32 Å². The maximum Gasteiger partial charge on any atom is 0.331 e. The molecule has 0 bridgehead atoms. The molecule has 5 nitrogen and oxygen atoms in total. The van der Waals surface area contributed by atoms with Gasteiger partial charge in [0.2, 0.25) is 5.91 Å². The molecule has 1 aliphatic rings. The zero-order valence-electron chi connectivity index (χ0n) is 8.24. The minimum Gasteiger partial charge on any atom is -0.461 e. The lowest BCUT2D eigenvalue weighted by molar-refractivity contribution is -0.141. The van der Waals surface area contributed by atoms with Gasteiger partial charge in [0.15, 0.2) is 6.04 Å². The number of unbranched alkanes of at least 4 members (excludes halogenated alkanes) is 1. The first kappa shape index (κ1) is 12.4. The summed E-state index contributed by atoms with van der Waals surface area (Å²) < 4.78 is 4.59. The molecule has 0 saturated carbocycles. The van der Waals surface area contributed by atoms with Gasteiger partial charge in [0.05, 0.1) is 0 Å². The van der Waals surface area contributed by atoms with Crippen molar-refractivity contribution in [3.8, 4) is 0 Å². The van der Waals surface area contributed by atoms with Crippen molar-refractivity contribution in [1.82, 2.24) is 5.32 Å². The molecular formula is C9H14BrNO4. The molecule has 6 heteroatoms. The molecule has 2 unspecified atom stereocenters. The highest BCUT2D eigenvalue weighted by molar-refractivity contribution is 9.09. The third-order valence-electron chi connectivity index (χ3n) is 2.14. The van der Waals surface area contributed by atoms with E-state index in [0.717, 1.165) is 18.2 Å². The summed E-state index contributed by atoms with van der Waals surface area (Å²) in [6.07, 6.45) is 1.11. The Hall–Kier alpha value is -0.620. The number of rotatable bonds is 5. The van der Waals surface area contributed by atoms with Gasteiger partial charge < -0.3 is 15.2 Å². The molecule has 2 N–H and O–H groups in total. The molecule has 2 atom stereocenters. The van der Waals surface area contributed by atoms with E-state index >= 15 is 0 Å². The van der Waals surface area contributed by atoms with E-state index in [4.69, 9.17) is 0 Å². The van der Waals surface area contributed by atoms with Crippen LogP contribution in [0.3, 0.4) is 0 Å². The molecule has 1 saturated heterocycles. The fourth-order valence-corrected chi connectivity index (χ4v) is 1.69. The Kier molecular flexibility index (Phi) is 5.04. The normalized spacial score (nSPS) is 25.1.